The lowest BCUT2D eigenvalue weighted by atomic mass is 10.2. The van der Waals surface area contributed by atoms with Crippen LogP contribution in [-0.2, 0) is 16.1 Å². The third-order valence-electron chi connectivity index (χ3n) is 2.99. The number of hydrogen-bond donors (Lipinski definition) is 0. The highest BCUT2D eigenvalue weighted by atomic mass is 16.5. The molecular formula is C15H18N2O3. The molecule has 0 saturated heterocycles. The number of ether oxygens (including phenoxy) is 1. The van der Waals surface area contributed by atoms with E-state index < -0.39 is 0 Å². The molecule has 0 unspecified atom stereocenters. The molecule has 1 aromatic heterocycles. The fourth-order valence-corrected chi connectivity index (χ4v) is 1.85. The maximum absolute atomic E-state index is 11.3. The molecule has 1 aromatic carbocycles. The number of hydrogen-bond acceptors (Lipinski definition) is 5. The molecule has 0 N–H and O–H groups in total. The lowest BCUT2D eigenvalue weighted by Crippen LogP contribution is -2.30. The maximum atomic E-state index is 11.3. The van der Waals surface area contributed by atoms with Gasteiger partial charge in [-0.3, -0.25) is 9.69 Å². The number of nitrogens with zero attached hydrogens (tertiary/aromatic N) is 2. The zero-order valence-electron chi connectivity index (χ0n) is 11.7. The van der Waals surface area contributed by atoms with Crippen molar-refractivity contribution in [3.63, 3.8) is 0 Å². The van der Waals surface area contributed by atoms with Gasteiger partial charge in [-0.1, -0.05) is 25.1 Å². The molecule has 0 atom stereocenters. The van der Waals surface area contributed by atoms with E-state index in [-0.39, 0.29) is 12.5 Å². The highest BCUT2D eigenvalue weighted by Gasteiger charge is 2.13. The van der Waals surface area contributed by atoms with E-state index in [1.807, 2.05) is 42.2 Å². The normalized spacial score (nSPS) is 10.8. The van der Waals surface area contributed by atoms with E-state index in [2.05, 4.69) is 9.72 Å². The highest BCUT2D eigenvalue weighted by Crippen LogP contribution is 2.18. The summed E-state index contributed by atoms with van der Waals surface area (Å²) < 4.78 is 10.1. The predicted molar refractivity (Wildman–Crippen MR) is 74.9 cm³/mol. The number of rotatable bonds is 6. The van der Waals surface area contributed by atoms with Crippen LogP contribution >= 0.6 is 0 Å². The molecule has 0 bridgehead atoms. The van der Waals surface area contributed by atoms with E-state index >= 15 is 0 Å². The molecule has 20 heavy (non-hydrogen) atoms. The third-order valence-corrected chi connectivity index (χ3v) is 2.99. The van der Waals surface area contributed by atoms with Gasteiger partial charge in [-0.25, -0.2) is 4.98 Å². The molecule has 5 heteroatoms. The van der Waals surface area contributed by atoms with Crippen molar-refractivity contribution >= 4 is 5.97 Å². The molecule has 106 valence electrons. The molecule has 0 amide bonds. The molecular weight excluding hydrogens is 256 g/mol. The molecule has 2 aromatic rings. The topological polar surface area (TPSA) is 55.6 Å². The zero-order chi connectivity index (χ0) is 14.4. The van der Waals surface area contributed by atoms with E-state index in [1.54, 1.807) is 6.26 Å². The molecule has 5 nitrogen and oxygen atoms in total. The number of methoxy groups -OCH3 is 1. The van der Waals surface area contributed by atoms with Crippen molar-refractivity contribution in [2.24, 2.45) is 0 Å². The van der Waals surface area contributed by atoms with Crippen LogP contribution in [0.25, 0.3) is 11.5 Å². The Morgan fingerprint density at radius 3 is 2.75 bits per heavy atom. The lowest BCUT2D eigenvalue weighted by molar-refractivity contribution is -0.142. The zero-order valence-corrected chi connectivity index (χ0v) is 11.7. The number of oxazole rings is 1. The Labute approximate surface area is 118 Å². The first-order chi connectivity index (χ1) is 9.72. The second-order valence-electron chi connectivity index (χ2n) is 4.39. The third kappa shape index (κ3) is 3.68. The average Bonchev–Trinajstić information content (AvgIpc) is 2.95. The summed E-state index contributed by atoms with van der Waals surface area (Å²) in [4.78, 5) is 17.7. The lowest BCUT2D eigenvalue weighted by Gasteiger charge is -2.16. The van der Waals surface area contributed by atoms with Crippen LogP contribution in [-0.4, -0.2) is 36.1 Å². The van der Waals surface area contributed by atoms with Gasteiger partial charge < -0.3 is 9.15 Å². The van der Waals surface area contributed by atoms with Crippen LogP contribution in [0.15, 0.2) is 41.0 Å². The van der Waals surface area contributed by atoms with Gasteiger partial charge in [0.15, 0.2) is 0 Å². The monoisotopic (exact) mass is 274 g/mol. The Balaban J connectivity index is 2.03. The van der Waals surface area contributed by atoms with Gasteiger partial charge in [0, 0.05) is 12.1 Å². The van der Waals surface area contributed by atoms with Crippen LogP contribution in [0, 0.1) is 0 Å². The number of likely N-dealkylation sites (N-methyl/N-ethyl adjacent to an activating group) is 1. The van der Waals surface area contributed by atoms with Gasteiger partial charge in [-0.2, -0.15) is 0 Å². The van der Waals surface area contributed by atoms with Crippen LogP contribution < -0.4 is 0 Å². The van der Waals surface area contributed by atoms with Gasteiger partial charge in [-0.05, 0) is 18.7 Å². The van der Waals surface area contributed by atoms with Crippen molar-refractivity contribution in [1.29, 1.82) is 0 Å². The summed E-state index contributed by atoms with van der Waals surface area (Å²) in [5, 5.41) is 0. The molecule has 0 radical (unpaired) electrons. The highest BCUT2D eigenvalue weighted by molar-refractivity contribution is 5.71. The SMILES string of the molecule is CCN(CC(=O)OC)Cc1coc(-c2ccccc2)n1. The van der Waals surface area contributed by atoms with Crippen LogP contribution in [0.2, 0.25) is 0 Å². The van der Waals surface area contributed by atoms with Gasteiger partial charge >= 0.3 is 5.97 Å². The number of benzene rings is 1. The predicted octanol–water partition coefficient (Wildman–Crippen LogP) is 2.34. The minimum atomic E-state index is -0.251. The standard InChI is InChI=1S/C15H18N2O3/c1-3-17(10-14(18)19-2)9-13-11-20-15(16-13)12-7-5-4-6-8-12/h4-8,11H,3,9-10H2,1-2H3. The van der Waals surface area contributed by atoms with E-state index in [0.29, 0.717) is 12.4 Å². The van der Waals surface area contributed by atoms with Gasteiger partial charge in [-0.15, -0.1) is 0 Å². The van der Waals surface area contributed by atoms with Crippen molar-refractivity contribution in [3.8, 4) is 11.5 Å². The summed E-state index contributed by atoms with van der Waals surface area (Å²) in [5.41, 5.74) is 1.74. The Bertz CT molecular complexity index is 551. The minimum Gasteiger partial charge on any atom is -0.468 e. The number of carbonyl (C=O) groups is 1. The van der Waals surface area contributed by atoms with Crippen LogP contribution in [0.3, 0.4) is 0 Å². The fourth-order valence-electron chi connectivity index (χ4n) is 1.85. The molecule has 0 saturated carbocycles. The van der Waals surface area contributed by atoms with Crippen molar-refractivity contribution < 1.29 is 13.9 Å². The summed E-state index contributed by atoms with van der Waals surface area (Å²) in [7, 11) is 1.39. The first-order valence-electron chi connectivity index (χ1n) is 6.52. The maximum Gasteiger partial charge on any atom is 0.319 e. The van der Waals surface area contributed by atoms with Gasteiger partial charge in [0.1, 0.15) is 6.26 Å². The van der Waals surface area contributed by atoms with Gasteiger partial charge in [0.05, 0.1) is 19.3 Å². The molecule has 0 fully saturated rings. The fraction of sp³-hybridized carbons (Fsp3) is 0.333. The van der Waals surface area contributed by atoms with Crippen molar-refractivity contribution in [2.75, 3.05) is 20.2 Å². The molecule has 0 aliphatic heterocycles. The molecule has 0 aliphatic carbocycles. The number of esters is 1. The molecule has 0 spiro atoms. The second kappa shape index (κ2) is 6.86. The Morgan fingerprint density at radius 1 is 1.35 bits per heavy atom. The largest absolute Gasteiger partial charge is 0.468 e. The van der Waals surface area contributed by atoms with Crippen molar-refractivity contribution in [3.05, 3.63) is 42.3 Å². The van der Waals surface area contributed by atoms with E-state index in [4.69, 9.17) is 4.42 Å². The van der Waals surface area contributed by atoms with Gasteiger partial charge in [0.2, 0.25) is 5.89 Å². The molecule has 1 heterocycles. The number of aromatic nitrogens is 1. The summed E-state index contributed by atoms with van der Waals surface area (Å²) in [6.45, 7) is 3.53. The van der Waals surface area contributed by atoms with Crippen LogP contribution in [0.1, 0.15) is 12.6 Å². The molecule has 0 aliphatic rings. The molecule has 2 rings (SSSR count). The smallest absolute Gasteiger partial charge is 0.319 e. The van der Waals surface area contributed by atoms with E-state index in [9.17, 15) is 4.79 Å². The summed E-state index contributed by atoms with van der Waals surface area (Å²) in [6, 6.07) is 9.72. The second-order valence-corrected chi connectivity index (χ2v) is 4.39. The average molecular weight is 274 g/mol. The van der Waals surface area contributed by atoms with Crippen LogP contribution in [0.5, 0.6) is 0 Å². The first-order valence-corrected chi connectivity index (χ1v) is 6.52. The van der Waals surface area contributed by atoms with E-state index in [1.165, 1.54) is 7.11 Å². The summed E-state index contributed by atoms with van der Waals surface area (Å²) >= 11 is 0. The van der Waals surface area contributed by atoms with Crippen molar-refractivity contribution in [1.82, 2.24) is 9.88 Å². The number of carbonyl (C=O) groups excluding carboxylic acids is 1. The summed E-state index contributed by atoms with van der Waals surface area (Å²) in [6.07, 6.45) is 1.63. The quantitative estimate of drug-likeness (QED) is 0.757. The Kier molecular flexibility index (Phi) is 4.90. The van der Waals surface area contributed by atoms with E-state index in [0.717, 1.165) is 17.8 Å². The summed E-state index contributed by atoms with van der Waals surface area (Å²) in [5.74, 6) is 0.341. The van der Waals surface area contributed by atoms with Crippen LogP contribution in [0.4, 0.5) is 0 Å². The minimum absolute atomic E-state index is 0.251. The Hall–Kier alpha value is -2.14. The van der Waals surface area contributed by atoms with Gasteiger partial charge in [0.25, 0.3) is 0 Å². The first kappa shape index (κ1) is 14.3. The Morgan fingerprint density at radius 2 is 2.10 bits per heavy atom. The van der Waals surface area contributed by atoms with Crippen molar-refractivity contribution in [2.45, 2.75) is 13.5 Å².